The minimum absolute atomic E-state index is 0.0377. The first-order valence-corrected chi connectivity index (χ1v) is 8.35. The average Bonchev–Trinajstić information content (AvgIpc) is 2.48. The summed E-state index contributed by atoms with van der Waals surface area (Å²) in [7, 11) is -3.60. The molecular weight excluding hydrogens is 318 g/mol. The van der Waals surface area contributed by atoms with Crippen molar-refractivity contribution in [1.82, 2.24) is 9.71 Å². The van der Waals surface area contributed by atoms with Gasteiger partial charge in [0.25, 0.3) is 5.91 Å². The van der Waals surface area contributed by atoms with Crippen LogP contribution in [0.15, 0.2) is 47.5 Å². The summed E-state index contributed by atoms with van der Waals surface area (Å²) in [5.41, 5.74) is 0.249. The maximum atomic E-state index is 12.1. The van der Waals surface area contributed by atoms with E-state index in [0.717, 1.165) is 0 Å². The molecule has 1 aromatic heterocycles. The SMILES string of the molecule is CC(C)NS(=O)(=O)c1ccc(C(=O)Nc2ncccc2O)cc1. The zero-order valence-corrected chi connectivity index (χ0v) is 13.5. The lowest BCUT2D eigenvalue weighted by molar-refractivity contribution is 0.102. The Bertz CT molecular complexity index is 802. The number of anilines is 1. The predicted octanol–water partition coefficient (Wildman–Crippen LogP) is 1.73. The molecule has 0 atom stereocenters. The van der Waals surface area contributed by atoms with Crippen molar-refractivity contribution in [2.75, 3.05) is 5.32 Å². The number of nitrogens with zero attached hydrogens (tertiary/aromatic N) is 1. The number of aromatic nitrogens is 1. The summed E-state index contributed by atoms with van der Waals surface area (Å²) in [6, 6.07) is 8.18. The Hall–Kier alpha value is -2.45. The number of benzene rings is 1. The van der Waals surface area contributed by atoms with Crippen LogP contribution in [0.1, 0.15) is 24.2 Å². The van der Waals surface area contributed by atoms with E-state index in [1.807, 2.05) is 0 Å². The van der Waals surface area contributed by atoms with Gasteiger partial charge in [0.05, 0.1) is 4.90 Å². The van der Waals surface area contributed by atoms with Crippen molar-refractivity contribution in [2.24, 2.45) is 0 Å². The van der Waals surface area contributed by atoms with Gasteiger partial charge in [0.2, 0.25) is 10.0 Å². The van der Waals surface area contributed by atoms with Crippen LogP contribution in [-0.2, 0) is 10.0 Å². The molecule has 0 unspecified atom stereocenters. The Kier molecular flexibility index (Phi) is 4.97. The van der Waals surface area contributed by atoms with E-state index in [9.17, 15) is 18.3 Å². The van der Waals surface area contributed by atoms with Crippen LogP contribution in [0, 0.1) is 0 Å². The second kappa shape index (κ2) is 6.76. The number of aromatic hydroxyl groups is 1. The fraction of sp³-hybridized carbons (Fsp3) is 0.200. The van der Waals surface area contributed by atoms with Crippen LogP contribution in [0.25, 0.3) is 0 Å². The van der Waals surface area contributed by atoms with E-state index in [-0.39, 0.29) is 28.1 Å². The van der Waals surface area contributed by atoms with Crippen molar-refractivity contribution < 1.29 is 18.3 Å². The van der Waals surface area contributed by atoms with Crippen molar-refractivity contribution in [1.29, 1.82) is 0 Å². The third-order valence-corrected chi connectivity index (χ3v) is 4.51. The van der Waals surface area contributed by atoms with Crippen LogP contribution in [0.5, 0.6) is 5.75 Å². The van der Waals surface area contributed by atoms with Gasteiger partial charge in [-0.05, 0) is 50.2 Å². The molecule has 0 bridgehead atoms. The number of rotatable bonds is 5. The maximum absolute atomic E-state index is 12.1. The molecule has 23 heavy (non-hydrogen) atoms. The number of nitrogens with one attached hydrogen (secondary N) is 2. The van der Waals surface area contributed by atoms with E-state index in [1.165, 1.54) is 42.6 Å². The van der Waals surface area contributed by atoms with Gasteiger partial charge >= 0.3 is 0 Å². The molecule has 0 saturated carbocycles. The quantitative estimate of drug-likeness (QED) is 0.771. The molecule has 8 heteroatoms. The first-order chi connectivity index (χ1) is 10.8. The summed E-state index contributed by atoms with van der Waals surface area (Å²) in [6.45, 7) is 3.44. The van der Waals surface area contributed by atoms with Crippen molar-refractivity contribution in [3.8, 4) is 5.75 Å². The first-order valence-electron chi connectivity index (χ1n) is 6.87. The van der Waals surface area contributed by atoms with E-state index < -0.39 is 15.9 Å². The molecule has 2 aromatic rings. The van der Waals surface area contributed by atoms with Gasteiger partial charge in [0.15, 0.2) is 11.6 Å². The normalized spacial score (nSPS) is 11.4. The van der Waals surface area contributed by atoms with Crippen LogP contribution in [0.2, 0.25) is 0 Å². The van der Waals surface area contributed by atoms with Crippen LogP contribution >= 0.6 is 0 Å². The summed E-state index contributed by atoms with van der Waals surface area (Å²) in [5, 5.41) is 12.0. The summed E-state index contributed by atoms with van der Waals surface area (Å²) in [5.74, 6) is -0.614. The van der Waals surface area contributed by atoms with E-state index >= 15 is 0 Å². The Balaban J connectivity index is 2.16. The molecule has 0 aliphatic rings. The highest BCUT2D eigenvalue weighted by molar-refractivity contribution is 7.89. The van der Waals surface area contributed by atoms with Gasteiger partial charge < -0.3 is 10.4 Å². The smallest absolute Gasteiger partial charge is 0.256 e. The van der Waals surface area contributed by atoms with Crippen LogP contribution in [-0.4, -0.2) is 30.5 Å². The molecule has 2 rings (SSSR count). The highest BCUT2D eigenvalue weighted by Crippen LogP contribution is 2.19. The third kappa shape index (κ3) is 4.27. The van der Waals surface area contributed by atoms with E-state index in [4.69, 9.17) is 0 Å². The molecule has 0 spiro atoms. The molecule has 0 aliphatic heterocycles. The van der Waals surface area contributed by atoms with Gasteiger partial charge in [-0.3, -0.25) is 4.79 Å². The lowest BCUT2D eigenvalue weighted by Gasteiger charge is -2.10. The lowest BCUT2D eigenvalue weighted by Crippen LogP contribution is -2.30. The summed E-state index contributed by atoms with van der Waals surface area (Å²) < 4.78 is 26.5. The van der Waals surface area contributed by atoms with Crippen molar-refractivity contribution in [3.05, 3.63) is 48.2 Å². The molecule has 0 aliphatic carbocycles. The van der Waals surface area contributed by atoms with Gasteiger partial charge in [-0.2, -0.15) is 0 Å². The highest BCUT2D eigenvalue weighted by Gasteiger charge is 2.16. The summed E-state index contributed by atoms with van der Waals surface area (Å²) in [6.07, 6.45) is 1.43. The standard InChI is InChI=1S/C15H17N3O4S/c1-10(2)18-23(21,22)12-7-5-11(6-8-12)15(20)17-14-13(19)4-3-9-16-14/h3-10,18-19H,1-2H3,(H,16,17,20). The van der Waals surface area contributed by atoms with Crippen LogP contribution in [0.4, 0.5) is 5.82 Å². The molecule has 3 N–H and O–H groups in total. The zero-order chi connectivity index (χ0) is 17.0. The maximum Gasteiger partial charge on any atom is 0.256 e. The van der Waals surface area contributed by atoms with Gasteiger partial charge in [-0.1, -0.05) is 0 Å². The molecule has 7 nitrogen and oxygen atoms in total. The number of hydrogen-bond donors (Lipinski definition) is 3. The molecule has 122 valence electrons. The summed E-state index contributed by atoms with van der Waals surface area (Å²) in [4.78, 5) is 16.0. The van der Waals surface area contributed by atoms with Crippen molar-refractivity contribution in [3.63, 3.8) is 0 Å². The molecule has 0 radical (unpaired) electrons. The largest absolute Gasteiger partial charge is 0.504 e. The second-order valence-electron chi connectivity index (χ2n) is 5.13. The Morgan fingerprint density at radius 1 is 1.17 bits per heavy atom. The molecule has 1 heterocycles. The van der Waals surface area contributed by atoms with E-state index in [2.05, 4.69) is 15.0 Å². The van der Waals surface area contributed by atoms with Crippen molar-refractivity contribution in [2.45, 2.75) is 24.8 Å². The molecule has 0 fully saturated rings. The number of sulfonamides is 1. The Labute approximate surface area is 134 Å². The van der Waals surface area contributed by atoms with E-state index in [0.29, 0.717) is 0 Å². The molecule has 1 aromatic carbocycles. The number of hydrogen-bond acceptors (Lipinski definition) is 5. The first kappa shape index (κ1) is 16.9. The second-order valence-corrected chi connectivity index (χ2v) is 6.84. The number of carbonyl (C=O) groups excluding carboxylic acids is 1. The fourth-order valence-corrected chi connectivity index (χ4v) is 3.09. The molecular formula is C15H17N3O4S. The average molecular weight is 335 g/mol. The number of pyridine rings is 1. The van der Waals surface area contributed by atoms with Crippen molar-refractivity contribution >= 4 is 21.7 Å². The lowest BCUT2D eigenvalue weighted by atomic mass is 10.2. The number of amides is 1. The monoisotopic (exact) mass is 335 g/mol. The van der Waals surface area contributed by atoms with Gasteiger partial charge in [-0.15, -0.1) is 0 Å². The summed E-state index contributed by atoms with van der Waals surface area (Å²) >= 11 is 0. The van der Waals surface area contributed by atoms with Crippen LogP contribution in [0.3, 0.4) is 0 Å². The predicted molar refractivity (Wildman–Crippen MR) is 85.8 cm³/mol. The molecule has 0 saturated heterocycles. The minimum atomic E-state index is -3.60. The third-order valence-electron chi connectivity index (χ3n) is 2.84. The van der Waals surface area contributed by atoms with E-state index in [1.54, 1.807) is 13.8 Å². The fourth-order valence-electron chi connectivity index (χ4n) is 1.84. The Morgan fingerprint density at radius 3 is 2.39 bits per heavy atom. The molecule has 1 amide bonds. The van der Waals surface area contributed by atoms with Gasteiger partial charge in [0, 0.05) is 17.8 Å². The van der Waals surface area contributed by atoms with Gasteiger partial charge in [0.1, 0.15) is 0 Å². The minimum Gasteiger partial charge on any atom is -0.504 e. The van der Waals surface area contributed by atoms with Gasteiger partial charge in [-0.25, -0.2) is 18.1 Å². The van der Waals surface area contributed by atoms with Crippen LogP contribution < -0.4 is 10.0 Å². The topological polar surface area (TPSA) is 108 Å². The Morgan fingerprint density at radius 2 is 1.83 bits per heavy atom. The number of carbonyl (C=O) groups is 1. The highest BCUT2D eigenvalue weighted by atomic mass is 32.2. The zero-order valence-electron chi connectivity index (χ0n) is 12.6.